The van der Waals surface area contributed by atoms with Crippen LogP contribution < -0.4 is 5.32 Å². The van der Waals surface area contributed by atoms with Crippen LogP contribution in [0.5, 0.6) is 0 Å². The van der Waals surface area contributed by atoms with Gasteiger partial charge in [0.15, 0.2) is 0 Å². The van der Waals surface area contributed by atoms with Gasteiger partial charge in [0.2, 0.25) is 0 Å². The van der Waals surface area contributed by atoms with Crippen LogP contribution in [-0.2, 0) is 4.74 Å². The fraction of sp³-hybridized carbons (Fsp3) is 0.538. The number of benzene rings is 1. The van der Waals surface area contributed by atoms with Crippen LogP contribution in [0, 0.1) is 21.8 Å². The van der Waals surface area contributed by atoms with E-state index in [0.29, 0.717) is 18.2 Å². The molecule has 1 saturated carbocycles. The molecule has 102 valence electrons. The molecule has 6 heteroatoms. The Hall–Kier alpha value is -1.69. The first-order valence-corrected chi connectivity index (χ1v) is 6.47. The number of nitro groups is 1. The van der Waals surface area contributed by atoms with Gasteiger partial charge in [0.25, 0.3) is 5.69 Å². The molecule has 2 atom stereocenters. The minimum atomic E-state index is -0.598. The summed E-state index contributed by atoms with van der Waals surface area (Å²) in [6.45, 7) is 0.674. The van der Waals surface area contributed by atoms with E-state index in [1.807, 2.05) is 0 Å². The number of nitrogens with zero attached hydrogens (tertiary/aromatic N) is 1. The lowest BCUT2D eigenvalue weighted by atomic mass is 10.1. The molecule has 1 N–H and O–H groups in total. The Balaban J connectivity index is 1.80. The molecular weight excluding hydrogens is 251 g/mol. The zero-order valence-corrected chi connectivity index (χ0v) is 10.3. The van der Waals surface area contributed by atoms with Crippen molar-refractivity contribution in [2.75, 3.05) is 11.9 Å². The maximum atomic E-state index is 13.1. The number of anilines is 1. The van der Waals surface area contributed by atoms with Crippen LogP contribution in [0.1, 0.15) is 19.3 Å². The fourth-order valence-corrected chi connectivity index (χ4v) is 2.63. The van der Waals surface area contributed by atoms with Crippen LogP contribution in [0.2, 0.25) is 0 Å². The summed E-state index contributed by atoms with van der Waals surface area (Å²) in [7, 11) is 0. The zero-order valence-electron chi connectivity index (χ0n) is 10.3. The third-order valence-corrected chi connectivity index (χ3v) is 3.72. The van der Waals surface area contributed by atoms with E-state index in [1.165, 1.54) is 12.1 Å². The van der Waals surface area contributed by atoms with Gasteiger partial charge in [-0.15, -0.1) is 0 Å². The van der Waals surface area contributed by atoms with E-state index < -0.39 is 10.7 Å². The van der Waals surface area contributed by atoms with Gasteiger partial charge in [-0.05, 0) is 37.3 Å². The number of rotatable bonds is 4. The Labute approximate surface area is 109 Å². The Morgan fingerprint density at radius 1 is 1.37 bits per heavy atom. The van der Waals surface area contributed by atoms with Gasteiger partial charge in [0, 0.05) is 6.61 Å². The summed E-state index contributed by atoms with van der Waals surface area (Å²) in [6.07, 6.45) is 3.28. The molecule has 0 bridgehead atoms. The van der Waals surface area contributed by atoms with Crippen molar-refractivity contribution in [1.82, 2.24) is 0 Å². The van der Waals surface area contributed by atoms with Crippen LogP contribution in [-0.4, -0.2) is 23.7 Å². The third kappa shape index (κ3) is 2.53. The van der Waals surface area contributed by atoms with E-state index in [-0.39, 0.29) is 17.8 Å². The van der Waals surface area contributed by atoms with E-state index in [9.17, 15) is 14.5 Å². The van der Waals surface area contributed by atoms with Gasteiger partial charge in [-0.2, -0.15) is 0 Å². The number of nitrogens with one attached hydrogen (secondary N) is 1. The van der Waals surface area contributed by atoms with Gasteiger partial charge in [-0.3, -0.25) is 10.1 Å². The first-order valence-electron chi connectivity index (χ1n) is 6.47. The second-order valence-corrected chi connectivity index (χ2v) is 5.13. The maximum absolute atomic E-state index is 13.1. The van der Waals surface area contributed by atoms with E-state index in [2.05, 4.69) is 5.32 Å². The van der Waals surface area contributed by atoms with Crippen LogP contribution >= 0.6 is 0 Å². The van der Waals surface area contributed by atoms with Crippen LogP contribution in [0.3, 0.4) is 0 Å². The standard InChI is InChI=1S/C13H15FN2O3/c14-9-3-4-10(12(7-9)16(17)18)15-11-5-6-19-13(11)8-1-2-8/h3-4,7-8,11,13,15H,1-2,5-6H2. The molecule has 1 aliphatic carbocycles. The largest absolute Gasteiger partial charge is 0.376 e. The van der Waals surface area contributed by atoms with Gasteiger partial charge in [0.05, 0.1) is 23.1 Å². The SMILES string of the molecule is O=[N+]([O-])c1cc(F)ccc1NC1CCOC1C1CC1. The van der Waals surface area contributed by atoms with Gasteiger partial charge < -0.3 is 10.1 Å². The third-order valence-electron chi connectivity index (χ3n) is 3.72. The Kier molecular flexibility index (Phi) is 3.10. The normalized spacial score (nSPS) is 26.4. The van der Waals surface area contributed by atoms with E-state index in [0.717, 1.165) is 25.3 Å². The van der Waals surface area contributed by atoms with Gasteiger partial charge in [-0.25, -0.2) is 4.39 Å². The zero-order chi connectivity index (χ0) is 13.4. The smallest absolute Gasteiger partial charge is 0.295 e. The molecule has 0 aromatic heterocycles. The summed E-state index contributed by atoms with van der Waals surface area (Å²) < 4.78 is 18.8. The Bertz CT molecular complexity index is 505. The maximum Gasteiger partial charge on any atom is 0.295 e. The predicted molar refractivity (Wildman–Crippen MR) is 67.5 cm³/mol. The van der Waals surface area contributed by atoms with Crippen molar-refractivity contribution in [3.63, 3.8) is 0 Å². The average Bonchev–Trinajstić information content (AvgIpc) is 3.12. The number of hydrogen-bond donors (Lipinski definition) is 1. The minimum absolute atomic E-state index is 0.0802. The molecule has 2 aliphatic rings. The molecule has 2 fully saturated rings. The molecule has 0 spiro atoms. The number of ether oxygens (including phenoxy) is 1. The Morgan fingerprint density at radius 2 is 2.16 bits per heavy atom. The average molecular weight is 266 g/mol. The topological polar surface area (TPSA) is 64.4 Å². The van der Waals surface area contributed by atoms with E-state index >= 15 is 0 Å². The summed E-state index contributed by atoms with van der Waals surface area (Å²) in [5.74, 6) is -0.0295. The summed E-state index contributed by atoms with van der Waals surface area (Å²) in [4.78, 5) is 10.4. The van der Waals surface area contributed by atoms with Crippen LogP contribution in [0.15, 0.2) is 18.2 Å². The number of halogens is 1. The number of nitro benzene ring substituents is 1. The molecule has 1 aromatic rings. The molecule has 5 nitrogen and oxygen atoms in total. The first kappa shape index (κ1) is 12.3. The molecule has 1 aliphatic heterocycles. The van der Waals surface area contributed by atoms with Crippen molar-refractivity contribution in [3.05, 3.63) is 34.1 Å². The van der Waals surface area contributed by atoms with Crippen molar-refractivity contribution in [2.24, 2.45) is 5.92 Å². The van der Waals surface area contributed by atoms with Crippen LogP contribution in [0.4, 0.5) is 15.8 Å². The highest BCUT2D eigenvalue weighted by Gasteiger charge is 2.41. The molecule has 1 saturated heterocycles. The molecule has 2 unspecified atom stereocenters. The lowest BCUT2D eigenvalue weighted by molar-refractivity contribution is -0.384. The molecule has 19 heavy (non-hydrogen) atoms. The monoisotopic (exact) mass is 266 g/mol. The lowest BCUT2D eigenvalue weighted by Gasteiger charge is -2.20. The first-order chi connectivity index (χ1) is 9.15. The molecule has 1 heterocycles. The van der Waals surface area contributed by atoms with Crippen molar-refractivity contribution in [2.45, 2.75) is 31.4 Å². The lowest BCUT2D eigenvalue weighted by Crippen LogP contribution is -2.31. The highest BCUT2D eigenvalue weighted by Crippen LogP contribution is 2.40. The van der Waals surface area contributed by atoms with Crippen molar-refractivity contribution >= 4 is 11.4 Å². The summed E-state index contributed by atoms with van der Waals surface area (Å²) in [6, 6.07) is 3.69. The van der Waals surface area contributed by atoms with Crippen molar-refractivity contribution < 1.29 is 14.1 Å². The highest BCUT2D eigenvalue weighted by atomic mass is 19.1. The molecule has 0 radical (unpaired) electrons. The highest BCUT2D eigenvalue weighted by molar-refractivity contribution is 5.62. The molecule has 0 amide bonds. The van der Waals surface area contributed by atoms with Gasteiger partial charge in [0.1, 0.15) is 11.5 Å². The van der Waals surface area contributed by atoms with Crippen LogP contribution in [0.25, 0.3) is 0 Å². The summed E-state index contributed by atoms with van der Waals surface area (Å²) >= 11 is 0. The van der Waals surface area contributed by atoms with E-state index in [1.54, 1.807) is 0 Å². The minimum Gasteiger partial charge on any atom is -0.376 e. The number of hydrogen-bond acceptors (Lipinski definition) is 4. The second kappa shape index (κ2) is 4.77. The molecule has 3 rings (SSSR count). The summed E-state index contributed by atoms with van der Waals surface area (Å²) in [5, 5.41) is 14.1. The quantitative estimate of drug-likeness (QED) is 0.672. The van der Waals surface area contributed by atoms with Gasteiger partial charge >= 0.3 is 0 Å². The fourth-order valence-electron chi connectivity index (χ4n) is 2.63. The van der Waals surface area contributed by atoms with Crippen molar-refractivity contribution in [3.8, 4) is 0 Å². The predicted octanol–water partition coefficient (Wildman–Crippen LogP) is 2.71. The van der Waals surface area contributed by atoms with Crippen molar-refractivity contribution in [1.29, 1.82) is 0 Å². The van der Waals surface area contributed by atoms with Gasteiger partial charge in [-0.1, -0.05) is 0 Å². The second-order valence-electron chi connectivity index (χ2n) is 5.13. The van der Waals surface area contributed by atoms with E-state index in [4.69, 9.17) is 4.74 Å². The summed E-state index contributed by atoms with van der Waals surface area (Å²) in [5.41, 5.74) is 0.147. The Morgan fingerprint density at radius 3 is 2.84 bits per heavy atom. The molecular formula is C13H15FN2O3. The molecule has 1 aromatic carbocycles.